The largest absolute Gasteiger partial charge is 0.307 e. The molecule has 0 aliphatic heterocycles. The predicted molar refractivity (Wildman–Crippen MR) is 73.3 cm³/mol. The van der Waals surface area contributed by atoms with Gasteiger partial charge < -0.3 is 5.43 Å². The van der Waals surface area contributed by atoms with Crippen LogP contribution in [0.4, 0.5) is 0 Å². The van der Waals surface area contributed by atoms with Gasteiger partial charge in [0.1, 0.15) is 0 Å². The van der Waals surface area contributed by atoms with Crippen molar-refractivity contribution >= 4 is 27.1 Å². The zero-order chi connectivity index (χ0) is 13.0. The fourth-order valence-electron chi connectivity index (χ4n) is 1.30. The van der Waals surface area contributed by atoms with Crippen LogP contribution in [0.3, 0.4) is 0 Å². The van der Waals surface area contributed by atoms with E-state index < -0.39 is 10.0 Å². The van der Waals surface area contributed by atoms with Crippen molar-refractivity contribution in [1.82, 2.24) is 10.3 Å². The zero-order valence-corrected chi connectivity index (χ0v) is 11.1. The lowest BCUT2D eigenvalue weighted by molar-refractivity contribution is 0.576. The second kappa shape index (κ2) is 5.34. The van der Waals surface area contributed by atoms with E-state index in [0.29, 0.717) is 5.70 Å². The number of thiophene rings is 1. The van der Waals surface area contributed by atoms with E-state index in [1.165, 1.54) is 23.5 Å². The first-order valence-corrected chi connectivity index (χ1v) is 7.51. The van der Waals surface area contributed by atoms with Gasteiger partial charge in [-0.2, -0.15) is 0 Å². The Bertz CT molecular complexity index is 619. The van der Waals surface area contributed by atoms with Crippen molar-refractivity contribution in [1.29, 1.82) is 0 Å². The molecule has 2 aromatic rings. The maximum Gasteiger partial charge on any atom is 0.257 e. The normalized spacial score (nSPS) is 11.1. The topological polar surface area (TPSA) is 58.2 Å². The van der Waals surface area contributed by atoms with Crippen molar-refractivity contribution in [2.24, 2.45) is 0 Å². The van der Waals surface area contributed by atoms with Crippen molar-refractivity contribution in [3.05, 3.63) is 59.3 Å². The van der Waals surface area contributed by atoms with Crippen LogP contribution in [0.25, 0.3) is 5.70 Å². The Morgan fingerprint density at radius 2 is 1.83 bits per heavy atom. The highest BCUT2D eigenvalue weighted by molar-refractivity contribution is 7.89. The van der Waals surface area contributed by atoms with Crippen LogP contribution in [0.15, 0.2) is 59.3 Å². The summed E-state index contributed by atoms with van der Waals surface area (Å²) < 4.78 is 23.8. The van der Waals surface area contributed by atoms with E-state index in [1.807, 2.05) is 17.5 Å². The Morgan fingerprint density at radius 1 is 1.11 bits per heavy atom. The number of hydrazine groups is 1. The smallest absolute Gasteiger partial charge is 0.257 e. The van der Waals surface area contributed by atoms with Gasteiger partial charge in [0.25, 0.3) is 10.0 Å². The molecule has 1 heterocycles. The summed E-state index contributed by atoms with van der Waals surface area (Å²) in [6, 6.07) is 11.9. The van der Waals surface area contributed by atoms with Gasteiger partial charge in [-0.05, 0) is 23.6 Å². The van der Waals surface area contributed by atoms with Gasteiger partial charge in [-0.3, -0.25) is 0 Å². The van der Waals surface area contributed by atoms with Crippen LogP contribution in [0.1, 0.15) is 4.88 Å². The molecule has 0 amide bonds. The monoisotopic (exact) mass is 280 g/mol. The summed E-state index contributed by atoms with van der Waals surface area (Å²) in [4.78, 5) is 3.38. The van der Waals surface area contributed by atoms with E-state index in [-0.39, 0.29) is 4.90 Å². The Hall–Kier alpha value is -1.63. The second-order valence-corrected chi connectivity index (χ2v) is 6.13. The molecule has 0 radical (unpaired) electrons. The maximum atomic E-state index is 11.9. The number of hydrogen-bond acceptors (Lipinski definition) is 4. The third-order valence-corrected chi connectivity index (χ3v) is 4.40. The highest BCUT2D eigenvalue weighted by atomic mass is 32.2. The first kappa shape index (κ1) is 12.8. The summed E-state index contributed by atoms with van der Waals surface area (Å²) in [5.41, 5.74) is 3.12. The SMILES string of the molecule is C=C(NNS(=O)(=O)c1ccccc1)c1cccs1. The van der Waals surface area contributed by atoms with Crippen molar-refractivity contribution in [2.45, 2.75) is 4.90 Å². The van der Waals surface area contributed by atoms with Crippen molar-refractivity contribution in [3.63, 3.8) is 0 Å². The number of hydrogen-bond donors (Lipinski definition) is 2. The van der Waals surface area contributed by atoms with Gasteiger partial charge >= 0.3 is 0 Å². The van der Waals surface area contributed by atoms with Crippen molar-refractivity contribution in [3.8, 4) is 0 Å². The fourth-order valence-corrected chi connectivity index (χ4v) is 2.84. The van der Waals surface area contributed by atoms with Crippen LogP contribution < -0.4 is 10.3 Å². The fraction of sp³-hybridized carbons (Fsp3) is 0. The van der Waals surface area contributed by atoms with E-state index in [4.69, 9.17) is 0 Å². The Kier molecular flexibility index (Phi) is 3.81. The lowest BCUT2D eigenvalue weighted by Gasteiger charge is -2.10. The lowest BCUT2D eigenvalue weighted by atomic mass is 10.4. The molecule has 94 valence electrons. The summed E-state index contributed by atoms with van der Waals surface area (Å²) in [6.07, 6.45) is 0. The molecule has 0 aliphatic rings. The molecule has 4 nitrogen and oxygen atoms in total. The molecular formula is C12H12N2O2S2. The predicted octanol–water partition coefficient (Wildman–Crippen LogP) is 2.20. The average molecular weight is 280 g/mol. The van der Waals surface area contributed by atoms with Crippen LogP contribution in [-0.4, -0.2) is 8.42 Å². The maximum absolute atomic E-state index is 11.9. The summed E-state index contributed by atoms with van der Waals surface area (Å²) in [6.45, 7) is 3.77. The van der Waals surface area contributed by atoms with Gasteiger partial charge in [-0.1, -0.05) is 30.8 Å². The molecule has 2 N–H and O–H groups in total. The zero-order valence-electron chi connectivity index (χ0n) is 9.46. The molecular weight excluding hydrogens is 268 g/mol. The van der Waals surface area contributed by atoms with E-state index in [1.54, 1.807) is 18.2 Å². The van der Waals surface area contributed by atoms with Gasteiger partial charge in [0.15, 0.2) is 0 Å². The third-order valence-electron chi connectivity index (χ3n) is 2.21. The Balaban J connectivity index is 2.05. The minimum Gasteiger partial charge on any atom is -0.307 e. The molecule has 0 aliphatic carbocycles. The van der Waals surface area contributed by atoms with Crippen molar-refractivity contribution < 1.29 is 8.42 Å². The summed E-state index contributed by atoms with van der Waals surface area (Å²) in [7, 11) is -3.56. The van der Waals surface area contributed by atoms with E-state index >= 15 is 0 Å². The molecule has 0 fully saturated rings. The molecule has 0 saturated heterocycles. The van der Waals surface area contributed by atoms with Crippen molar-refractivity contribution in [2.75, 3.05) is 0 Å². The molecule has 0 spiro atoms. The molecule has 18 heavy (non-hydrogen) atoms. The average Bonchev–Trinajstić information content (AvgIpc) is 2.91. The highest BCUT2D eigenvalue weighted by Crippen LogP contribution is 2.15. The first-order valence-electron chi connectivity index (χ1n) is 5.15. The van der Waals surface area contributed by atoms with E-state index in [0.717, 1.165) is 4.88 Å². The molecule has 0 bridgehead atoms. The summed E-state index contributed by atoms with van der Waals surface area (Å²) in [5, 5.41) is 1.90. The quantitative estimate of drug-likeness (QED) is 0.826. The van der Waals surface area contributed by atoms with E-state index in [9.17, 15) is 8.42 Å². The van der Waals surface area contributed by atoms with Crippen LogP contribution in [-0.2, 0) is 10.0 Å². The van der Waals surface area contributed by atoms with Gasteiger partial charge in [0.2, 0.25) is 0 Å². The number of nitrogens with one attached hydrogen (secondary N) is 2. The molecule has 1 aromatic carbocycles. The second-order valence-electron chi connectivity index (χ2n) is 3.50. The number of rotatable bonds is 5. The van der Waals surface area contributed by atoms with E-state index in [2.05, 4.69) is 16.8 Å². The lowest BCUT2D eigenvalue weighted by Crippen LogP contribution is -2.35. The minimum absolute atomic E-state index is 0.205. The van der Waals surface area contributed by atoms with Crippen LogP contribution in [0.2, 0.25) is 0 Å². The van der Waals surface area contributed by atoms with Crippen LogP contribution >= 0.6 is 11.3 Å². The third kappa shape index (κ3) is 2.98. The van der Waals surface area contributed by atoms with Gasteiger partial charge in [-0.15, -0.1) is 16.2 Å². The molecule has 0 saturated carbocycles. The number of benzene rings is 1. The Labute approximate surface area is 110 Å². The molecule has 1 aromatic heterocycles. The summed E-state index contributed by atoms with van der Waals surface area (Å²) >= 11 is 1.48. The van der Waals surface area contributed by atoms with Crippen LogP contribution in [0, 0.1) is 0 Å². The first-order chi connectivity index (χ1) is 8.59. The standard InChI is InChI=1S/C12H12N2O2S2/c1-10(12-8-5-9-17-12)13-14-18(15,16)11-6-3-2-4-7-11/h2-9,13-14H,1H2. The Morgan fingerprint density at radius 3 is 2.44 bits per heavy atom. The highest BCUT2D eigenvalue weighted by Gasteiger charge is 2.13. The molecule has 2 rings (SSSR count). The summed E-state index contributed by atoms with van der Waals surface area (Å²) in [5.74, 6) is 0. The van der Waals surface area contributed by atoms with Gasteiger partial charge in [0, 0.05) is 0 Å². The van der Waals surface area contributed by atoms with Gasteiger partial charge in [-0.25, -0.2) is 8.42 Å². The van der Waals surface area contributed by atoms with Gasteiger partial charge in [0.05, 0.1) is 15.5 Å². The van der Waals surface area contributed by atoms with Crippen LogP contribution in [0.5, 0.6) is 0 Å². The minimum atomic E-state index is -3.56. The molecule has 0 unspecified atom stereocenters. The molecule has 6 heteroatoms. The number of sulfonamides is 1. The molecule has 0 atom stereocenters.